The number of hydrogen-bond donors (Lipinski definition) is 2. The molecule has 1 spiro atoms. The van der Waals surface area contributed by atoms with Gasteiger partial charge in [-0.1, -0.05) is 37.3 Å². The third-order valence-corrected chi connectivity index (χ3v) is 8.77. The van der Waals surface area contributed by atoms with Crippen molar-refractivity contribution in [2.24, 2.45) is 11.3 Å². The number of fused-ring (bicyclic) bond motifs is 1. The predicted molar refractivity (Wildman–Crippen MR) is 117 cm³/mol. The van der Waals surface area contributed by atoms with Gasteiger partial charge in [0.05, 0.1) is 23.7 Å². The van der Waals surface area contributed by atoms with E-state index in [-0.39, 0.29) is 29.5 Å². The van der Waals surface area contributed by atoms with Crippen LogP contribution in [0.1, 0.15) is 51.0 Å². The number of nitrogens with one attached hydrogen (secondary N) is 1. The molecule has 0 aromatic heterocycles. The highest BCUT2D eigenvalue weighted by Gasteiger charge is 2.62. The van der Waals surface area contributed by atoms with Crippen molar-refractivity contribution in [1.29, 1.82) is 0 Å². The SMILES string of the molecule is COC1COCCC1NC1CC[C@@]2(C1)C(=O)N1CCC(O)(c3ccccc3)CC1C2C. The van der Waals surface area contributed by atoms with Crippen LogP contribution in [0.4, 0.5) is 0 Å². The minimum Gasteiger partial charge on any atom is -0.385 e. The van der Waals surface area contributed by atoms with Crippen molar-refractivity contribution in [2.45, 2.75) is 75.3 Å². The lowest BCUT2D eigenvalue weighted by atomic mass is 9.71. The predicted octanol–water partition coefficient (Wildman–Crippen LogP) is 2.45. The molecule has 3 heterocycles. The number of ether oxygens (including phenoxy) is 2. The van der Waals surface area contributed by atoms with Crippen LogP contribution in [0.2, 0.25) is 0 Å². The first kappa shape index (κ1) is 21.4. The number of carbonyl (C=O) groups excluding carboxylic acids is 1. The van der Waals surface area contributed by atoms with E-state index in [9.17, 15) is 9.90 Å². The van der Waals surface area contributed by atoms with Crippen molar-refractivity contribution in [1.82, 2.24) is 10.2 Å². The molecule has 6 nitrogen and oxygen atoms in total. The van der Waals surface area contributed by atoms with Gasteiger partial charge in [0.25, 0.3) is 0 Å². The summed E-state index contributed by atoms with van der Waals surface area (Å²) in [6.45, 7) is 4.28. The summed E-state index contributed by atoms with van der Waals surface area (Å²) < 4.78 is 11.2. The van der Waals surface area contributed by atoms with E-state index in [0.717, 1.165) is 37.9 Å². The highest BCUT2D eigenvalue weighted by Crippen LogP contribution is 2.56. The molecule has 0 bridgehead atoms. The van der Waals surface area contributed by atoms with Crippen LogP contribution in [-0.4, -0.2) is 67.0 Å². The number of piperidine rings is 1. The first-order valence-corrected chi connectivity index (χ1v) is 11.9. The number of nitrogens with zero attached hydrogens (tertiary/aromatic N) is 1. The van der Waals surface area contributed by atoms with Crippen LogP contribution in [0.5, 0.6) is 0 Å². The fourth-order valence-electron chi connectivity index (χ4n) is 6.85. The Morgan fingerprint density at radius 2 is 2.00 bits per heavy atom. The van der Waals surface area contributed by atoms with Gasteiger partial charge in [0, 0.05) is 44.8 Å². The number of methoxy groups -OCH3 is 1. The summed E-state index contributed by atoms with van der Waals surface area (Å²) in [5, 5.41) is 15.3. The number of amides is 1. The molecule has 1 amide bonds. The van der Waals surface area contributed by atoms with Crippen molar-refractivity contribution in [3.8, 4) is 0 Å². The largest absolute Gasteiger partial charge is 0.385 e. The lowest BCUT2D eigenvalue weighted by molar-refractivity contribution is -0.140. The molecule has 6 unspecified atom stereocenters. The molecule has 2 N–H and O–H groups in total. The van der Waals surface area contributed by atoms with E-state index < -0.39 is 5.60 Å². The molecule has 31 heavy (non-hydrogen) atoms. The van der Waals surface area contributed by atoms with Crippen LogP contribution in [0, 0.1) is 11.3 Å². The van der Waals surface area contributed by atoms with Crippen molar-refractivity contribution in [3.63, 3.8) is 0 Å². The molecule has 170 valence electrons. The topological polar surface area (TPSA) is 71.0 Å². The van der Waals surface area contributed by atoms with Gasteiger partial charge in [-0.05, 0) is 43.6 Å². The Hall–Kier alpha value is -1.47. The smallest absolute Gasteiger partial charge is 0.229 e. The monoisotopic (exact) mass is 428 g/mol. The van der Waals surface area contributed by atoms with Crippen molar-refractivity contribution in [2.75, 3.05) is 26.9 Å². The van der Waals surface area contributed by atoms with Gasteiger partial charge in [-0.3, -0.25) is 4.79 Å². The summed E-state index contributed by atoms with van der Waals surface area (Å²) in [4.78, 5) is 15.7. The highest BCUT2D eigenvalue weighted by molar-refractivity contribution is 5.86. The number of benzene rings is 1. The second-order valence-corrected chi connectivity index (χ2v) is 10.2. The van der Waals surface area contributed by atoms with E-state index in [1.54, 1.807) is 7.11 Å². The van der Waals surface area contributed by atoms with Gasteiger partial charge in [0.15, 0.2) is 0 Å². The molecule has 3 aliphatic heterocycles. The number of aliphatic hydroxyl groups is 1. The van der Waals surface area contributed by atoms with Gasteiger partial charge in [-0.15, -0.1) is 0 Å². The fourth-order valence-corrected chi connectivity index (χ4v) is 6.85. The van der Waals surface area contributed by atoms with Crippen LogP contribution in [0.25, 0.3) is 0 Å². The standard InChI is InChI=1S/C25H36N2O4/c1-17-21-15-25(29,18-6-4-3-5-7-18)11-12-27(21)23(28)24(17)10-8-19(14-24)26-20-9-13-31-16-22(20)30-2/h3-7,17,19-22,26,29H,8-16H2,1-2H3/t17?,19?,20?,21?,22?,24-,25?/m0/s1. The maximum Gasteiger partial charge on any atom is 0.229 e. The Morgan fingerprint density at radius 3 is 2.77 bits per heavy atom. The molecular weight excluding hydrogens is 392 g/mol. The summed E-state index contributed by atoms with van der Waals surface area (Å²) in [7, 11) is 1.75. The van der Waals surface area contributed by atoms with Gasteiger partial charge >= 0.3 is 0 Å². The first-order valence-electron chi connectivity index (χ1n) is 11.9. The van der Waals surface area contributed by atoms with Gasteiger partial charge < -0.3 is 24.8 Å². The molecule has 1 aliphatic carbocycles. The van der Waals surface area contributed by atoms with E-state index in [0.29, 0.717) is 37.9 Å². The molecular formula is C25H36N2O4. The van der Waals surface area contributed by atoms with E-state index in [4.69, 9.17) is 9.47 Å². The third-order valence-electron chi connectivity index (χ3n) is 8.77. The maximum absolute atomic E-state index is 13.7. The average Bonchev–Trinajstić information content (AvgIpc) is 3.31. The summed E-state index contributed by atoms with van der Waals surface area (Å²) in [5.74, 6) is 0.565. The first-order chi connectivity index (χ1) is 15.0. The summed E-state index contributed by atoms with van der Waals surface area (Å²) in [6, 6.07) is 10.7. The zero-order valence-electron chi connectivity index (χ0n) is 18.8. The molecule has 1 saturated carbocycles. The molecule has 4 fully saturated rings. The Kier molecular flexibility index (Phi) is 5.62. The van der Waals surface area contributed by atoms with E-state index in [1.807, 2.05) is 30.3 Å². The molecule has 4 aliphatic rings. The van der Waals surface area contributed by atoms with Gasteiger partial charge in [0.2, 0.25) is 5.91 Å². The van der Waals surface area contributed by atoms with E-state index in [1.165, 1.54) is 0 Å². The van der Waals surface area contributed by atoms with E-state index >= 15 is 0 Å². The lowest BCUT2D eigenvalue weighted by Gasteiger charge is -2.42. The zero-order valence-corrected chi connectivity index (χ0v) is 18.8. The maximum atomic E-state index is 13.7. The second-order valence-electron chi connectivity index (χ2n) is 10.2. The van der Waals surface area contributed by atoms with Crippen LogP contribution in [-0.2, 0) is 19.9 Å². The van der Waals surface area contributed by atoms with Crippen LogP contribution >= 0.6 is 0 Å². The molecule has 0 radical (unpaired) electrons. The van der Waals surface area contributed by atoms with E-state index in [2.05, 4.69) is 17.1 Å². The van der Waals surface area contributed by atoms with Crippen LogP contribution in [0.15, 0.2) is 30.3 Å². The molecule has 7 atom stereocenters. The van der Waals surface area contributed by atoms with Crippen molar-refractivity contribution in [3.05, 3.63) is 35.9 Å². The van der Waals surface area contributed by atoms with Gasteiger partial charge in [0.1, 0.15) is 0 Å². The lowest BCUT2D eigenvalue weighted by Crippen LogP contribution is -2.51. The Morgan fingerprint density at radius 1 is 1.19 bits per heavy atom. The number of carbonyl (C=O) groups is 1. The molecule has 6 heteroatoms. The second kappa shape index (κ2) is 8.14. The minimum atomic E-state index is -0.841. The van der Waals surface area contributed by atoms with Crippen molar-refractivity contribution >= 4 is 5.91 Å². The molecule has 3 saturated heterocycles. The third kappa shape index (κ3) is 3.52. The molecule has 1 aromatic rings. The normalized spacial score (nSPS) is 42.9. The summed E-state index contributed by atoms with van der Waals surface area (Å²) >= 11 is 0. The summed E-state index contributed by atoms with van der Waals surface area (Å²) in [5.41, 5.74) is -0.156. The molecule has 1 aromatic carbocycles. The average molecular weight is 429 g/mol. The van der Waals surface area contributed by atoms with Crippen LogP contribution < -0.4 is 5.32 Å². The zero-order chi connectivity index (χ0) is 21.6. The Bertz CT molecular complexity index is 804. The molecule has 5 rings (SSSR count). The minimum absolute atomic E-state index is 0.0780. The highest BCUT2D eigenvalue weighted by atomic mass is 16.5. The number of hydrogen-bond acceptors (Lipinski definition) is 5. The number of rotatable bonds is 4. The van der Waals surface area contributed by atoms with Crippen LogP contribution in [0.3, 0.4) is 0 Å². The Labute approximate surface area is 185 Å². The Balaban J connectivity index is 1.31. The van der Waals surface area contributed by atoms with Gasteiger partial charge in [-0.2, -0.15) is 0 Å². The quantitative estimate of drug-likeness (QED) is 0.771. The fraction of sp³-hybridized carbons (Fsp3) is 0.720. The van der Waals surface area contributed by atoms with Gasteiger partial charge in [-0.25, -0.2) is 0 Å². The van der Waals surface area contributed by atoms with Crippen molar-refractivity contribution < 1.29 is 19.4 Å². The summed E-state index contributed by atoms with van der Waals surface area (Å²) in [6.07, 6.45) is 5.11.